The van der Waals surface area contributed by atoms with E-state index < -0.39 is 0 Å². The summed E-state index contributed by atoms with van der Waals surface area (Å²) in [6.45, 7) is 0. The summed E-state index contributed by atoms with van der Waals surface area (Å²) in [5.41, 5.74) is 37.3. The molecule has 0 aliphatic carbocycles. The van der Waals surface area contributed by atoms with Crippen LogP contribution in [0.3, 0.4) is 0 Å². The lowest BCUT2D eigenvalue weighted by Crippen LogP contribution is -2.14. The van der Waals surface area contributed by atoms with Gasteiger partial charge in [0.05, 0.1) is 11.4 Å². The molecule has 4 heteroatoms. The highest BCUT2D eigenvalue weighted by Gasteiger charge is 2.28. The minimum Gasteiger partial charge on any atom is -0.238 e. The lowest BCUT2D eigenvalue weighted by molar-refractivity contribution is 1.47. The number of thioether (sulfide) groups is 2. The highest BCUT2D eigenvalue weighted by atomic mass is 32.2. The van der Waals surface area contributed by atoms with Gasteiger partial charge in [-0.2, -0.15) is 0 Å². The summed E-state index contributed by atoms with van der Waals surface area (Å²) >= 11 is 3.58. The zero-order valence-electron chi connectivity index (χ0n) is 63.8. The molecule has 1 fully saturated rings. The zero-order valence-corrected chi connectivity index (χ0v) is 65.5. The van der Waals surface area contributed by atoms with Crippen molar-refractivity contribution in [2.75, 3.05) is 11.5 Å². The van der Waals surface area contributed by atoms with E-state index in [2.05, 4.69) is 449 Å². The highest BCUT2D eigenvalue weighted by molar-refractivity contribution is 8.27. The molecule has 1 aliphatic rings. The average molecular weight is 1520 g/mol. The predicted molar refractivity (Wildman–Crippen MR) is 499 cm³/mol. The van der Waals surface area contributed by atoms with Crippen LogP contribution in [-0.4, -0.2) is 21.6 Å². The van der Waals surface area contributed by atoms with E-state index in [0.29, 0.717) is 0 Å². The smallest absolute Gasteiger partial charge is 0.129 e. The van der Waals surface area contributed by atoms with E-state index >= 15 is 0 Å². The van der Waals surface area contributed by atoms with Gasteiger partial charge in [0.1, 0.15) is 10.1 Å². The third-order valence-corrected chi connectivity index (χ3v) is 24.3. The van der Waals surface area contributed by atoms with Crippen molar-refractivity contribution in [2.45, 2.75) is 0 Å². The molecule has 2 nitrogen and oxygen atoms in total. The van der Waals surface area contributed by atoms with Crippen molar-refractivity contribution >= 4 is 45.0 Å². The number of hydrogen-bond donors (Lipinski definition) is 0. The summed E-state index contributed by atoms with van der Waals surface area (Å²) in [6.07, 6.45) is 0. The van der Waals surface area contributed by atoms with Crippen LogP contribution in [0.25, 0.3) is 178 Å². The maximum absolute atomic E-state index is 6.15. The fourth-order valence-corrected chi connectivity index (χ4v) is 18.3. The second-order valence-corrected chi connectivity index (χ2v) is 31.4. The number of nitrogens with zero attached hydrogens (tertiary/aromatic N) is 2. The lowest BCUT2D eigenvalue weighted by Gasteiger charge is -2.23. The van der Waals surface area contributed by atoms with Crippen LogP contribution in [0.5, 0.6) is 0 Å². The minimum absolute atomic E-state index is 0.855. The maximum atomic E-state index is 6.15. The lowest BCUT2D eigenvalue weighted by atomic mass is 9.82. The van der Waals surface area contributed by atoms with Crippen molar-refractivity contribution in [2.24, 2.45) is 9.98 Å². The molecule has 1 heterocycles. The largest absolute Gasteiger partial charge is 0.238 e. The zero-order chi connectivity index (χ0) is 77.4. The standard InChI is InChI=1S/C112H78N2S2/c1-11-31-77(32-12-1)83-51-59-91(60-52-83)99-69-95(81-39-19-5-20-40-81)70-100(92-61-53-84(54-62-92)78-33-13-2-14-34-78)107(99)97-73-103(87-43-23-7-24-44-87)109(104(74-97)88-45-25-8-26-46-88)113-111-112(116-68-67-115-111)114-110-105(89-47-27-9-28-48-89)75-98(76-106(110)90-49-29-10-30-50-90)108-101(93-63-55-85(56-64-93)79-35-15-3-16-36-79)71-96(82-41-21-6-22-42-82)72-102(108)94-65-57-86(58-66-94)80-37-17-4-18-38-80/h1-66,69-76H,67-68H2. The third kappa shape index (κ3) is 15.3. The summed E-state index contributed by atoms with van der Waals surface area (Å²) in [6, 6.07) is 164. The predicted octanol–water partition coefficient (Wildman–Crippen LogP) is 31.6. The molecule has 0 unspecified atom stereocenters. The van der Waals surface area contributed by atoms with Gasteiger partial charge in [0.25, 0.3) is 0 Å². The fourth-order valence-electron chi connectivity index (χ4n) is 16.2. The molecule has 0 N–H and O–H groups in total. The van der Waals surface area contributed by atoms with Crippen molar-refractivity contribution in [3.8, 4) is 178 Å². The molecule has 0 spiro atoms. The molecule has 0 amide bonds. The molecule has 0 saturated carbocycles. The van der Waals surface area contributed by atoms with Crippen molar-refractivity contribution in [1.82, 2.24) is 0 Å². The Hall–Kier alpha value is -14.0. The van der Waals surface area contributed by atoms with Crippen LogP contribution in [-0.2, 0) is 0 Å². The van der Waals surface area contributed by atoms with Crippen LogP contribution in [0, 0.1) is 0 Å². The van der Waals surface area contributed by atoms with Gasteiger partial charge in [-0.3, -0.25) is 0 Å². The molecular formula is C112H78N2S2. The van der Waals surface area contributed by atoms with Crippen LogP contribution >= 0.6 is 23.5 Å². The van der Waals surface area contributed by atoms with E-state index in [1.54, 1.807) is 23.5 Å². The Morgan fingerprint density at radius 3 is 0.483 bits per heavy atom. The van der Waals surface area contributed by atoms with Gasteiger partial charge in [-0.15, -0.1) is 23.5 Å². The molecule has 0 radical (unpaired) electrons. The number of benzene rings is 18. The monoisotopic (exact) mass is 1510 g/mol. The Morgan fingerprint density at radius 1 is 0.138 bits per heavy atom. The van der Waals surface area contributed by atoms with Gasteiger partial charge in [0.15, 0.2) is 0 Å². The topological polar surface area (TPSA) is 24.7 Å². The molecule has 1 aliphatic heterocycles. The Balaban J connectivity index is 0.842. The van der Waals surface area contributed by atoms with Gasteiger partial charge in [-0.25, -0.2) is 9.98 Å². The van der Waals surface area contributed by atoms with Crippen LogP contribution in [0.2, 0.25) is 0 Å². The molecule has 548 valence electrons. The second-order valence-electron chi connectivity index (χ2n) is 29.2. The molecule has 18 aromatic rings. The van der Waals surface area contributed by atoms with E-state index in [-0.39, 0.29) is 0 Å². The van der Waals surface area contributed by atoms with Gasteiger partial charge in [-0.05, 0) is 204 Å². The van der Waals surface area contributed by atoms with E-state index in [9.17, 15) is 0 Å². The normalized spacial score (nSPS) is 12.7. The maximum Gasteiger partial charge on any atom is 0.129 e. The van der Waals surface area contributed by atoms with Crippen molar-refractivity contribution in [1.29, 1.82) is 0 Å². The molecule has 1 saturated heterocycles. The van der Waals surface area contributed by atoms with Gasteiger partial charge >= 0.3 is 0 Å². The number of aliphatic imine (C=N–C) groups is 2. The highest BCUT2D eigenvalue weighted by Crippen LogP contribution is 2.53. The molecule has 0 bridgehead atoms. The summed E-state index contributed by atoms with van der Waals surface area (Å²) in [5.74, 6) is 1.71. The van der Waals surface area contributed by atoms with Crippen LogP contribution < -0.4 is 0 Å². The first kappa shape index (κ1) is 72.3. The van der Waals surface area contributed by atoms with Crippen molar-refractivity contribution < 1.29 is 0 Å². The van der Waals surface area contributed by atoms with Crippen LogP contribution in [0.15, 0.2) is 459 Å². The first-order valence-electron chi connectivity index (χ1n) is 39.6. The van der Waals surface area contributed by atoms with Crippen molar-refractivity contribution in [3.05, 3.63) is 449 Å². The quantitative estimate of drug-likeness (QED) is 0.0855. The van der Waals surface area contributed by atoms with E-state index in [1.807, 2.05) is 0 Å². The van der Waals surface area contributed by atoms with E-state index in [0.717, 1.165) is 189 Å². The summed E-state index contributed by atoms with van der Waals surface area (Å²) in [7, 11) is 0. The Morgan fingerprint density at radius 2 is 0.284 bits per heavy atom. The molecule has 116 heavy (non-hydrogen) atoms. The first-order valence-corrected chi connectivity index (χ1v) is 41.6. The van der Waals surface area contributed by atoms with Crippen molar-refractivity contribution in [3.63, 3.8) is 0 Å². The first-order chi connectivity index (χ1) is 57.5. The van der Waals surface area contributed by atoms with Crippen LogP contribution in [0.4, 0.5) is 11.4 Å². The van der Waals surface area contributed by atoms with Gasteiger partial charge in [-0.1, -0.05) is 400 Å². The molecule has 19 rings (SSSR count). The second kappa shape index (κ2) is 33.4. The van der Waals surface area contributed by atoms with E-state index in [1.165, 1.54) is 22.3 Å². The van der Waals surface area contributed by atoms with E-state index in [4.69, 9.17) is 9.98 Å². The molecule has 0 atom stereocenters. The summed E-state index contributed by atoms with van der Waals surface area (Å²) < 4.78 is 0. The van der Waals surface area contributed by atoms with Gasteiger partial charge in [0, 0.05) is 33.8 Å². The SMILES string of the molecule is c1ccc(-c2ccc(-c3cc(-c4ccccc4)cc(-c4ccc(-c5ccccc5)cc4)c3-c3cc(-c4ccccc4)c(N=C4SCCSC4=Nc4c(-c5ccccc5)cc(-c5c(-c6ccc(-c7ccccc7)cc6)cc(-c6ccccc6)cc5-c5ccc(-c6ccccc6)cc5)cc4-c4ccccc4)c(-c4ccccc4)c3)cc2)cc1. The summed E-state index contributed by atoms with van der Waals surface area (Å²) in [4.78, 5) is 12.3. The minimum atomic E-state index is 0.855. The van der Waals surface area contributed by atoms with Crippen LogP contribution in [0.1, 0.15) is 0 Å². The Labute approximate surface area is 688 Å². The molecule has 0 aromatic heterocycles. The van der Waals surface area contributed by atoms with Gasteiger partial charge < -0.3 is 0 Å². The third-order valence-electron chi connectivity index (χ3n) is 22.0. The average Bonchev–Trinajstić information content (AvgIpc) is 0.747. The fraction of sp³-hybridized carbons (Fsp3) is 0.0179. The Kier molecular flexibility index (Phi) is 20.8. The number of hydrogen-bond acceptors (Lipinski definition) is 4. The Bertz CT molecular complexity index is 5810. The number of rotatable bonds is 18. The van der Waals surface area contributed by atoms with Gasteiger partial charge in [0.2, 0.25) is 0 Å². The molecular weight excluding hydrogens is 1440 g/mol. The molecule has 18 aromatic carbocycles. The summed E-state index contributed by atoms with van der Waals surface area (Å²) in [5, 5.41) is 1.74.